The summed E-state index contributed by atoms with van der Waals surface area (Å²) in [5.74, 6) is 5.41. The number of hydrazine groups is 1. The second kappa shape index (κ2) is 5.64. The van der Waals surface area contributed by atoms with Gasteiger partial charge in [-0.05, 0) is 12.1 Å². The summed E-state index contributed by atoms with van der Waals surface area (Å²) in [6, 6.07) is 1.95. The Kier molecular flexibility index (Phi) is 4.13. The van der Waals surface area contributed by atoms with Gasteiger partial charge in [0.1, 0.15) is 0 Å². The first-order valence-electron chi connectivity index (χ1n) is 5.38. The molecule has 102 valence electrons. The molecule has 0 aliphatic heterocycles. The van der Waals surface area contributed by atoms with E-state index < -0.39 is 11.7 Å². The fourth-order valence-electron chi connectivity index (χ4n) is 1.56. The number of halogens is 3. The minimum Gasteiger partial charge on any atom is -0.271 e. The fourth-order valence-corrected chi connectivity index (χ4v) is 2.22. The highest BCUT2D eigenvalue weighted by Gasteiger charge is 2.31. The van der Waals surface area contributed by atoms with Gasteiger partial charge >= 0.3 is 6.18 Å². The molecule has 8 heteroatoms. The third-order valence-electron chi connectivity index (χ3n) is 2.53. The Morgan fingerprint density at radius 3 is 2.58 bits per heavy atom. The van der Waals surface area contributed by atoms with E-state index in [1.54, 1.807) is 6.20 Å². The quantitative estimate of drug-likeness (QED) is 0.669. The number of nitrogens with one attached hydrogen (secondary N) is 1. The topological polar surface area (TPSA) is 63.8 Å². The van der Waals surface area contributed by atoms with Gasteiger partial charge in [0.05, 0.1) is 22.3 Å². The lowest BCUT2D eigenvalue weighted by atomic mass is 10.1. The molecular weight excluding hydrogens is 277 g/mol. The van der Waals surface area contributed by atoms with Crippen molar-refractivity contribution >= 4 is 11.3 Å². The number of thiazole rings is 1. The summed E-state index contributed by atoms with van der Waals surface area (Å²) in [4.78, 5) is 7.91. The summed E-state index contributed by atoms with van der Waals surface area (Å²) in [7, 11) is 0. The summed E-state index contributed by atoms with van der Waals surface area (Å²) >= 11 is 1.45. The Labute approximate surface area is 111 Å². The standard InChI is InChI=1S/C11H11F3N4S/c12-11(13,14)7-1-2-8(17-6-7)9(18-15)5-10-16-3-4-19-10/h1-4,6,9,18H,5,15H2. The molecule has 0 spiro atoms. The first-order chi connectivity index (χ1) is 9.00. The SMILES string of the molecule is NNC(Cc1nccs1)c1ccc(C(F)(F)F)cn1. The van der Waals surface area contributed by atoms with Crippen LogP contribution in [-0.2, 0) is 12.6 Å². The van der Waals surface area contributed by atoms with Crippen molar-refractivity contribution in [2.75, 3.05) is 0 Å². The molecule has 0 saturated carbocycles. The van der Waals surface area contributed by atoms with E-state index in [1.807, 2.05) is 5.38 Å². The summed E-state index contributed by atoms with van der Waals surface area (Å²) in [6.07, 6.45) is -1.44. The number of nitrogens with two attached hydrogens (primary N) is 1. The Morgan fingerprint density at radius 1 is 1.32 bits per heavy atom. The van der Waals surface area contributed by atoms with Crippen LogP contribution in [0.25, 0.3) is 0 Å². The highest BCUT2D eigenvalue weighted by Crippen LogP contribution is 2.29. The Morgan fingerprint density at radius 2 is 2.11 bits per heavy atom. The number of aromatic nitrogens is 2. The van der Waals surface area contributed by atoms with Gasteiger partial charge < -0.3 is 0 Å². The maximum atomic E-state index is 12.4. The summed E-state index contributed by atoms with van der Waals surface area (Å²) in [5.41, 5.74) is 2.21. The second-order valence-corrected chi connectivity index (χ2v) is 4.80. The predicted octanol–water partition coefficient (Wildman–Crippen LogP) is 2.30. The van der Waals surface area contributed by atoms with Gasteiger partial charge in [-0.15, -0.1) is 11.3 Å². The highest BCUT2D eigenvalue weighted by molar-refractivity contribution is 7.09. The minimum atomic E-state index is -4.38. The van der Waals surface area contributed by atoms with Crippen LogP contribution in [0.5, 0.6) is 0 Å². The Hall–Kier alpha value is -1.51. The van der Waals surface area contributed by atoms with Crippen LogP contribution in [0.1, 0.15) is 22.3 Å². The Balaban J connectivity index is 2.15. The molecule has 2 aromatic rings. The van der Waals surface area contributed by atoms with E-state index in [0.717, 1.165) is 17.3 Å². The minimum absolute atomic E-state index is 0.367. The van der Waals surface area contributed by atoms with Crippen LogP contribution in [-0.4, -0.2) is 9.97 Å². The van der Waals surface area contributed by atoms with Crippen molar-refractivity contribution < 1.29 is 13.2 Å². The zero-order valence-corrected chi connectivity index (χ0v) is 10.5. The van der Waals surface area contributed by atoms with Crippen LogP contribution in [0.4, 0.5) is 13.2 Å². The van der Waals surface area contributed by atoms with Gasteiger partial charge in [0, 0.05) is 24.2 Å². The summed E-state index contributed by atoms with van der Waals surface area (Å²) < 4.78 is 37.3. The van der Waals surface area contributed by atoms with Crippen LogP contribution in [0.15, 0.2) is 29.9 Å². The molecule has 0 saturated heterocycles. The molecule has 2 rings (SSSR count). The van der Waals surface area contributed by atoms with Crippen molar-refractivity contribution in [2.45, 2.75) is 18.6 Å². The van der Waals surface area contributed by atoms with Crippen LogP contribution >= 0.6 is 11.3 Å². The largest absolute Gasteiger partial charge is 0.417 e. The van der Waals surface area contributed by atoms with Crippen LogP contribution in [0.3, 0.4) is 0 Å². The lowest BCUT2D eigenvalue weighted by Gasteiger charge is -2.14. The monoisotopic (exact) mass is 288 g/mol. The van der Waals surface area contributed by atoms with Gasteiger partial charge in [-0.25, -0.2) is 4.98 Å². The lowest BCUT2D eigenvalue weighted by molar-refractivity contribution is -0.137. The molecule has 0 radical (unpaired) electrons. The fraction of sp³-hybridized carbons (Fsp3) is 0.273. The number of nitrogens with zero attached hydrogens (tertiary/aromatic N) is 2. The van der Waals surface area contributed by atoms with E-state index in [2.05, 4.69) is 15.4 Å². The first kappa shape index (κ1) is 13.9. The van der Waals surface area contributed by atoms with Crippen molar-refractivity contribution in [3.8, 4) is 0 Å². The first-order valence-corrected chi connectivity index (χ1v) is 6.26. The normalized spacial score (nSPS) is 13.5. The molecule has 2 aromatic heterocycles. The second-order valence-electron chi connectivity index (χ2n) is 3.82. The predicted molar refractivity (Wildman–Crippen MR) is 65.1 cm³/mol. The van der Waals surface area contributed by atoms with Crippen molar-refractivity contribution in [2.24, 2.45) is 5.84 Å². The molecular formula is C11H11F3N4S. The van der Waals surface area contributed by atoms with E-state index in [4.69, 9.17) is 5.84 Å². The molecule has 4 nitrogen and oxygen atoms in total. The third kappa shape index (κ3) is 3.49. The van der Waals surface area contributed by atoms with Gasteiger partial charge in [0.25, 0.3) is 0 Å². The Bertz CT molecular complexity index is 510. The van der Waals surface area contributed by atoms with Crippen LogP contribution in [0.2, 0.25) is 0 Å². The molecule has 0 fully saturated rings. The summed E-state index contributed by atoms with van der Waals surface area (Å²) in [5, 5.41) is 2.66. The van der Waals surface area contributed by atoms with Crippen molar-refractivity contribution in [1.82, 2.24) is 15.4 Å². The molecule has 0 bridgehead atoms. The van der Waals surface area contributed by atoms with Crippen LogP contribution < -0.4 is 11.3 Å². The maximum Gasteiger partial charge on any atom is 0.417 e. The highest BCUT2D eigenvalue weighted by atomic mass is 32.1. The van der Waals surface area contributed by atoms with E-state index in [1.165, 1.54) is 17.4 Å². The number of pyridine rings is 1. The van der Waals surface area contributed by atoms with Crippen molar-refractivity contribution in [1.29, 1.82) is 0 Å². The maximum absolute atomic E-state index is 12.4. The average Bonchev–Trinajstić information content (AvgIpc) is 2.88. The van der Waals surface area contributed by atoms with Crippen molar-refractivity contribution in [3.63, 3.8) is 0 Å². The molecule has 0 aliphatic rings. The molecule has 1 unspecified atom stereocenters. The molecule has 2 heterocycles. The molecule has 3 N–H and O–H groups in total. The molecule has 1 atom stereocenters. The van der Waals surface area contributed by atoms with E-state index in [0.29, 0.717) is 12.1 Å². The average molecular weight is 288 g/mol. The molecule has 0 amide bonds. The number of hydrogen-bond donors (Lipinski definition) is 2. The molecule has 19 heavy (non-hydrogen) atoms. The number of rotatable bonds is 4. The van der Waals surface area contributed by atoms with Gasteiger partial charge in [0.15, 0.2) is 0 Å². The number of alkyl halides is 3. The van der Waals surface area contributed by atoms with E-state index in [9.17, 15) is 13.2 Å². The molecule has 0 aliphatic carbocycles. The van der Waals surface area contributed by atoms with Crippen molar-refractivity contribution in [3.05, 3.63) is 46.2 Å². The smallest absolute Gasteiger partial charge is 0.271 e. The molecule has 0 aromatic carbocycles. The van der Waals surface area contributed by atoms with Gasteiger partial charge in [-0.3, -0.25) is 16.3 Å². The van der Waals surface area contributed by atoms with Gasteiger partial charge in [-0.1, -0.05) is 0 Å². The van der Waals surface area contributed by atoms with Gasteiger partial charge in [-0.2, -0.15) is 13.2 Å². The van der Waals surface area contributed by atoms with Gasteiger partial charge in [0.2, 0.25) is 0 Å². The summed E-state index contributed by atoms with van der Waals surface area (Å²) in [6.45, 7) is 0. The third-order valence-corrected chi connectivity index (χ3v) is 3.34. The lowest BCUT2D eigenvalue weighted by Crippen LogP contribution is -2.30. The number of hydrogen-bond acceptors (Lipinski definition) is 5. The zero-order valence-electron chi connectivity index (χ0n) is 9.69. The van der Waals surface area contributed by atoms with E-state index >= 15 is 0 Å². The zero-order chi connectivity index (χ0) is 13.9. The van der Waals surface area contributed by atoms with Crippen LogP contribution in [0, 0.1) is 0 Å². The van der Waals surface area contributed by atoms with E-state index in [-0.39, 0.29) is 6.04 Å².